The van der Waals surface area contributed by atoms with Crippen LogP contribution in [0.15, 0.2) is 36.7 Å². The first kappa shape index (κ1) is 17.8. The molecule has 1 aromatic heterocycles. The van der Waals surface area contributed by atoms with E-state index in [2.05, 4.69) is 31.6 Å². The van der Waals surface area contributed by atoms with E-state index in [1.54, 1.807) is 24.3 Å². The minimum absolute atomic E-state index is 0.240. The van der Waals surface area contributed by atoms with Crippen LogP contribution in [0.4, 0.5) is 11.5 Å². The maximum absolute atomic E-state index is 12.1. The van der Waals surface area contributed by atoms with Gasteiger partial charge in [0, 0.05) is 31.9 Å². The Kier molecular flexibility index (Phi) is 6.09. The summed E-state index contributed by atoms with van der Waals surface area (Å²) in [6, 6.07) is 9.06. The number of anilines is 2. The molecule has 1 amide bonds. The van der Waals surface area contributed by atoms with Crippen LogP contribution in [-0.2, 0) is 4.74 Å². The van der Waals surface area contributed by atoms with Gasteiger partial charge in [-0.15, -0.1) is 0 Å². The van der Waals surface area contributed by atoms with Gasteiger partial charge in [0.2, 0.25) is 0 Å². The van der Waals surface area contributed by atoms with Gasteiger partial charge in [0.25, 0.3) is 5.91 Å². The maximum atomic E-state index is 12.1. The number of ether oxygens (including phenoxy) is 1. The molecule has 0 bridgehead atoms. The van der Waals surface area contributed by atoms with Gasteiger partial charge in [-0.1, -0.05) is 0 Å². The van der Waals surface area contributed by atoms with Crippen LogP contribution in [0, 0.1) is 11.3 Å². The number of aromatic nitrogens is 2. The molecule has 0 radical (unpaired) electrons. The van der Waals surface area contributed by atoms with Gasteiger partial charge in [-0.2, -0.15) is 5.26 Å². The summed E-state index contributed by atoms with van der Waals surface area (Å²) in [5, 5.41) is 14.7. The Morgan fingerprint density at radius 1 is 1.19 bits per heavy atom. The normalized spacial score (nSPS) is 14.4. The maximum Gasteiger partial charge on any atom is 0.271 e. The second-order valence-corrected chi connectivity index (χ2v) is 5.81. The van der Waals surface area contributed by atoms with Crippen molar-refractivity contribution < 1.29 is 9.53 Å². The highest BCUT2D eigenvalue weighted by Gasteiger charge is 2.12. The largest absolute Gasteiger partial charge is 0.379 e. The van der Waals surface area contributed by atoms with Gasteiger partial charge in [-0.05, 0) is 24.3 Å². The van der Waals surface area contributed by atoms with Crippen molar-refractivity contribution in [1.82, 2.24) is 20.2 Å². The van der Waals surface area contributed by atoms with E-state index in [0.29, 0.717) is 17.9 Å². The summed E-state index contributed by atoms with van der Waals surface area (Å²) in [6.45, 7) is 4.63. The molecule has 0 unspecified atom stereocenters. The van der Waals surface area contributed by atoms with Crippen molar-refractivity contribution in [2.45, 2.75) is 0 Å². The molecule has 1 saturated heterocycles. The fourth-order valence-corrected chi connectivity index (χ4v) is 2.53. The summed E-state index contributed by atoms with van der Waals surface area (Å²) < 4.78 is 5.29. The summed E-state index contributed by atoms with van der Waals surface area (Å²) in [7, 11) is 0. The molecule has 3 rings (SSSR count). The van der Waals surface area contributed by atoms with E-state index in [-0.39, 0.29) is 11.6 Å². The fraction of sp³-hybridized carbons (Fsp3) is 0.333. The van der Waals surface area contributed by atoms with Gasteiger partial charge >= 0.3 is 0 Å². The molecular formula is C18H20N6O2. The number of nitriles is 1. The van der Waals surface area contributed by atoms with E-state index in [9.17, 15) is 4.79 Å². The highest BCUT2D eigenvalue weighted by atomic mass is 16.5. The molecule has 0 spiro atoms. The predicted octanol–water partition coefficient (Wildman–Crippen LogP) is 1.15. The third-order valence-corrected chi connectivity index (χ3v) is 3.99. The van der Waals surface area contributed by atoms with Crippen molar-refractivity contribution in [2.24, 2.45) is 0 Å². The molecule has 1 aromatic carbocycles. The quantitative estimate of drug-likeness (QED) is 0.804. The number of morpholine rings is 1. The van der Waals surface area contributed by atoms with Crippen LogP contribution in [0.3, 0.4) is 0 Å². The van der Waals surface area contributed by atoms with Crippen molar-refractivity contribution >= 4 is 17.4 Å². The SMILES string of the molecule is N#Cc1ccc(Nc2cnc(C(=O)NCCN3CCOCC3)cn2)cc1. The van der Waals surface area contributed by atoms with Crippen molar-refractivity contribution in [1.29, 1.82) is 5.26 Å². The van der Waals surface area contributed by atoms with Gasteiger partial charge in [0.05, 0.1) is 37.2 Å². The number of benzene rings is 1. The van der Waals surface area contributed by atoms with Gasteiger partial charge < -0.3 is 15.4 Å². The average molecular weight is 352 g/mol. The molecule has 2 aromatic rings. The molecule has 134 valence electrons. The number of amides is 1. The van der Waals surface area contributed by atoms with E-state index in [1.807, 2.05) is 0 Å². The molecule has 8 heteroatoms. The number of carbonyl (C=O) groups is 1. The first-order chi connectivity index (χ1) is 12.7. The van der Waals surface area contributed by atoms with E-state index in [4.69, 9.17) is 10.00 Å². The van der Waals surface area contributed by atoms with Crippen LogP contribution in [-0.4, -0.2) is 60.2 Å². The summed E-state index contributed by atoms with van der Waals surface area (Å²) in [6.07, 6.45) is 2.95. The van der Waals surface area contributed by atoms with Crippen molar-refractivity contribution in [3.8, 4) is 6.07 Å². The molecule has 0 aliphatic carbocycles. The van der Waals surface area contributed by atoms with Crippen molar-refractivity contribution in [3.63, 3.8) is 0 Å². The summed E-state index contributed by atoms with van der Waals surface area (Å²) in [4.78, 5) is 22.7. The topological polar surface area (TPSA) is 103 Å². The fourth-order valence-electron chi connectivity index (χ4n) is 2.53. The third-order valence-electron chi connectivity index (χ3n) is 3.99. The second kappa shape index (κ2) is 8.89. The molecule has 0 atom stereocenters. The lowest BCUT2D eigenvalue weighted by Crippen LogP contribution is -2.41. The Bertz CT molecular complexity index is 764. The minimum atomic E-state index is -0.240. The molecule has 26 heavy (non-hydrogen) atoms. The van der Waals surface area contributed by atoms with Crippen LogP contribution >= 0.6 is 0 Å². The first-order valence-corrected chi connectivity index (χ1v) is 8.42. The second-order valence-electron chi connectivity index (χ2n) is 5.81. The Hall–Kier alpha value is -3.02. The zero-order valence-electron chi connectivity index (χ0n) is 14.3. The van der Waals surface area contributed by atoms with Gasteiger partial charge in [0.1, 0.15) is 11.5 Å². The monoisotopic (exact) mass is 352 g/mol. The van der Waals surface area contributed by atoms with Crippen LogP contribution in [0.5, 0.6) is 0 Å². The Balaban J connectivity index is 1.48. The summed E-state index contributed by atoms with van der Waals surface area (Å²) in [5.74, 6) is 0.287. The number of hydrogen-bond acceptors (Lipinski definition) is 7. The molecular weight excluding hydrogens is 332 g/mol. The lowest BCUT2D eigenvalue weighted by Gasteiger charge is -2.26. The van der Waals surface area contributed by atoms with Gasteiger partial charge in [-0.3, -0.25) is 9.69 Å². The summed E-state index contributed by atoms with van der Waals surface area (Å²) in [5.41, 5.74) is 1.66. The van der Waals surface area contributed by atoms with Crippen molar-refractivity contribution in [2.75, 3.05) is 44.7 Å². The van der Waals surface area contributed by atoms with E-state index in [1.165, 1.54) is 12.4 Å². The van der Waals surface area contributed by atoms with E-state index in [0.717, 1.165) is 38.5 Å². The smallest absolute Gasteiger partial charge is 0.271 e. The zero-order valence-corrected chi connectivity index (χ0v) is 14.3. The number of carbonyl (C=O) groups excluding carboxylic acids is 1. The highest BCUT2D eigenvalue weighted by molar-refractivity contribution is 5.92. The number of nitrogens with zero attached hydrogens (tertiary/aromatic N) is 4. The Morgan fingerprint density at radius 3 is 2.62 bits per heavy atom. The molecule has 2 N–H and O–H groups in total. The van der Waals surface area contributed by atoms with E-state index < -0.39 is 0 Å². The lowest BCUT2D eigenvalue weighted by molar-refractivity contribution is 0.0383. The molecule has 2 heterocycles. The van der Waals surface area contributed by atoms with Crippen LogP contribution in [0.25, 0.3) is 0 Å². The Labute approximate surface area is 151 Å². The zero-order chi connectivity index (χ0) is 18.2. The van der Waals surface area contributed by atoms with Gasteiger partial charge in [0.15, 0.2) is 0 Å². The molecule has 1 aliphatic heterocycles. The number of rotatable bonds is 6. The average Bonchev–Trinajstić information content (AvgIpc) is 2.70. The number of nitrogens with one attached hydrogen (secondary N) is 2. The minimum Gasteiger partial charge on any atom is -0.379 e. The Morgan fingerprint density at radius 2 is 1.96 bits per heavy atom. The van der Waals surface area contributed by atoms with Crippen LogP contribution in [0.1, 0.15) is 16.1 Å². The van der Waals surface area contributed by atoms with E-state index >= 15 is 0 Å². The van der Waals surface area contributed by atoms with Crippen LogP contribution < -0.4 is 10.6 Å². The van der Waals surface area contributed by atoms with Crippen LogP contribution in [0.2, 0.25) is 0 Å². The van der Waals surface area contributed by atoms with Gasteiger partial charge in [-0.25, -0.2) is 9.97 Å². The highest BCUT2D eigenvalue weighted by Crippen LogP contribution is 2.14. The predicted molar refractivity (Wildman–Crippen MR) is 96.1 cm³/mol. The summed E-state index contributed by atoms with van der Waals surface area (Å²) >= 11 is 0. The molecule has 0 saturated carbocycles. The van der Waals surface area contributed by atoms with Crippen molar-refractivity contribution in [3.05, 3.63) is 47.9 Å². The molecule has 1 aliphatic rings. The third kappa shape index (κ3) is 4.99. The standard InChI is InChI=1S/C18H20N6O2/c19-11-14-1-3-15(4-2-14)23-17-13-21-16(12-22-17)18(25)20-5-6-24-7-9-26-10-8-24/h1-4,12-13H,5-10H2,(H,20,25)(H,22,23). The number of hydrogen-bond donors (Lipinski definition) is 2. The molecule has 1 fully saturated rings. The first-order valence-electron chi connectivity index (χ1n) is 8.42. The lowest BCUT2D eigenvalue weighted by atomic mass is 10.2. The molecule has 8 nitrogen and oxygen atoms in total.